The van der Waals surface area contributed by atoms with Gasteiger partial charge in [-0.2, -0.15) is 13.2 Å². The van der Waals surface area contributed by atoms with Gasteiger partial charge in [0.05, 0.1) is 5.56 Å². The van der Waals surface area contributed by atoms with Gasteiger partial charge < -0.3 is 15.2 Å². The van der Waals surface area contributed by atoms with Gasteiger partial charge in [0.15, 0.2) is 6.61 Å². The third kappa shape index (κ3) is 5.46. The van der Waals surface area contributed by atoms with Crippen molar-refractivity contribution in [2.75, 3.05) is 6.61 Å². The van der Waals surface area contributed by atoms with Crippen LogP contribution in [0, 0.1) is 5.92 Å². The van der Waals surface area contributed by atoms with Gasteiger partial charge in [0.1, 0.15) is 11.8 Å². The normalized spacial score (nSPS) is 15.8. The zero-order valence-electron chi connectivity index (χ0n) is 12.1. The monoisotopic (exact) mass is 331 g/mol. The number of halogens is 3. The van der Waals surface area contributed by atoms with E-state index in [9.17, 15) is 22.8 Å². The molecule has 0 bridgehead atoms. The molecule has 1 amide bonds. The van der Waals surface area contributed by atoms with Crippen molar-refractivity contribution >= 4 is 11.9 Å². The molecule has 0 spiro atoms. The summed E-state index contributed by atoms with van der Waals surface area (Å²) < 4.78 is 42.7. The molecule has 1 aromatic rings. The summed E-state index contributed by atoms with van der Waals surface area (Å²) in [6.45, 7) is -0.546. The van der Waals surface area contributed by atoms with Crippen LogP contribution in [0.2, 0.25) is 0 Å². The third-order valence-corrected chi connectivity index (χ3v) is 3.43. The van der Waals surface area contributed by atoms with Gasteiger partial charge in [-0.15, -0.1) is 0 Å². The number of ether oxygens (including phenoxy) is 1. The molecular formula is C15H16F3NO4. The van der Waals surface area contributed by atoms with Crippen molar-refractivity contribution in [2.45, 2.75) is 31.5 Å². The lowest BCUT2D eigenvalue weighted by atomic mass is 10.1. The maximum atomic E-state index is 12.6. The van der Waals surface area contributed by atoms with Gasteiger partial charge in [-0.1, -0.05) is 18.9 Å². The number of nitrogens with one attached hydrogen (secondary N) is 1. The maximum Gasteiger partial charge on any atom is 0.416 e. The molecule has 1 saturated carbocycles. The Morgan fingerprint density at radius 2 is 2.04 bits per heavy atom. The lowest BCUT2D eigenvalue weighted by molar-refractivity contribution is -0.142. The van der Waals surface area contributed by atoms with Crippen molar-refractivity contribution in [1.82, 2.24) is 5.32 Å². The maximum absolute atomic E-state index is 12.6. The number of aliphatic carboxylic acids is 1. The summed E-state index contributed by atoms with van der Waals surface area (Å²) in [5.74, 6) is -1.62. The van der Waals surface area contributed by atoms with Gasteiger partial charge in [0.25, 0.3) is 5.91 Å². The first-order chi connectivity index (χ1) is 10.8. The number of carboxylic acid groups (broad SMARTS) is 1. The zero-order chi connectivity index (χ0) is 17.0. The van der Waals surface area contributed by atoms with Crippen molar-refractivity contribution < 1.29 is 32.6 Å². The van der Waals surface area contributed by atoms with Crippen molar-refractivity contribution in [3.63, 3.8) is 0 Å². The second-order valence-corrected chi connectivity index (χ2v) is 5.45. The quantitative estimate of drug-likeness (QED) is 0.805. The van der Waals surface area contributed by atoms with E-state index in [2.05, 4.69) is 5.32 Å². The number of hydrogen-bond donors (Lipinski definition) is 2. The average molecular weight is 331 g/mol. The van der Waals surface area contributed by atoms with Crippen molar-refractivity contribution in [2.24, 2.45) is 5.92 Å². The van der Waals surface area contributed by atoms with Crippen LogP contribution in [0.25, 0.3) is 0 Å². The van der Waals surface area contributed by atoms with E-state index in [1.165, 1.54) is 12.1 Å². The van der Waals surface area contributed by atoms with Crippen LogP contribution in [-0.4, -0.2) is 29.6 Å². The largest absolute Gasteiger partial charge is 0.484 e. The number of carbonyl (C=O) groups is 2. The van der Waals surface area contributed by atoms with E-state index < -0.39 is 36.3 Å². The standard InChI is InChI=1S/C15H16F3NO4/c16-15(17,18)10-2-1-3-11(7-10)23-8-13(20)19-12(14(21)22)6-9-4-5-9/h1-3,7,9,12H,4-6,8H2,(H,19,20)(H,21,22). The Hall–Kier alpha value is -2.25. The van der Waals surface area contributed by atoms with Crippen LogP contribution in [0.1, 0.15) is 24.8 Å². The zero-order valence-corrected chi connectivity index (χ0v) is 12.1. The molecule has 0 heterocycles. The summed E-state index contributed by atoms with van der Waals surface area (Å²) in [6.07, 6.45) is -2.26. The van der Waals surface area contributed by atoms with E-state index >= 15 is 0 Å². The number of carbonyl (C=O) groups excluding carboxylic acids is 1. The molecule has 2 rings (SSSR count). The minimum Gasteiger partial charge on any atom is -0.484 e. The lowest BCUT2D eigenvalue weighted by Gasteiger charge is -2.15. The second-order valence-electron chi connectivity index (χ2n) is 5.45. The first-order valence-corrected chi connectivity index (χ1v) is 7.08. The van der Waals surface area contributed by atoms with Gasteiger partial charge in [-0.3, -0.25) is 4.79 Å². The second kappa shape index (κ2) is 6.89. The molecule has 1 aliphatic rings. The molecule has 0 aliphatic heterocycles. The third-order valence-electron chi connectivity index (χ3n) is 3.43. The number of benzene rings is 1. The van der Waals surface area contributed by atoms with Crippen LogP contribution in [0.4, 0.5) is 13.2 Å². The molecule has 126 valence electrons. The summed E-state index contributed by atoms with van der Waals surface area (Å²) in [6, 6.07) is 3.14. The Bertz CT molecular complexity index is 584. The Labute approximate surface area is 130 Å². The molecule has 5 nitrogen and oxygen atoms in total. The molecular weight excluding hydrogens is 315 g/mol. The van der Waals surface area contributed by atoms with Crippen molar-refractivity contribution in [3.05, 3.63) is 29.8 Å². The van der Waals surface area contributed by atoms with Gasteiger partial charge in [0, 0.05) is 0 Å². The highest BCUT2D eigenvalue weighted by atomic mass is 19.4. The number of hydrogen-bond acceptors (Lipinski definition) is 3. The van der Waals surface area contributed by atoms with E-state index in [1.807, 2.05) is 0 Å². The molecule has 1 atom stereocenters. The van der Waals surface area contributed by atoms with Crippen molar-refractivity contribution in [3.8, 4) is 5.75 Å². The number of carboxylic acids is 1. The SMILES string of the molecule is O=C(COc1cccc(C(F)(F)F)c1)NC(CC1CC1)C(=O)O. The van der Waals surface area contributed by atoms with E-state index in [4.69, 9.17) is 9.84 Å². The summed E-state index contributed by atoms with van der Waals surface area (Å²) in [7, 11) is 0. The fraction of sp³-hybridized carbons (Fsp3) is 0.467. The van der Waals surface area contributed by atoms with Gasteiger partial charge >= 0.3 is 12.1 Å². The predicted molar refractivity (Wildman–Crippen MR) is 73.8 cm³/mol. The minimum absolute atomic E-state index is 0.107. The van der Waals surface area contributed by atoms with Crippen LogP contribution < -0.4 is 10.1 Å². The summed E-state index contributed by atoms with van der Waals surface area (Å²) in [5, 5.41) is 11.3. The number of rotatable bonds is 7. The molecule has 1 unspecified atom stereocenters. The first kappa shape index (κ1) is 17.1. The highest BCUT2D eigenvalue weighted by molar-refractivity contribution is 5.84. The van der Waals surface area contributed by atoms with E-state index in [0.29, 0.717) is 12.3 Å². The van der Waals surface area contributed by atoms with Crippen LogP contribution in [0.3, 0.4) is 0 Å². The number of amides is 1. The minimum atomic E-state index is -4.50. The molecule has 23 heavy (non-hydrogen) atoms. The summed E-state index contributed by atoms with van der Waals surface area (Å²) in [4.78, 5) is 22.7. The Morgan fingerprint density at radius 3 is 2.61 bits per heavy atom. The average Bonchev–Trinajstić information content (AvgIpc) is 3.28. The fourth-order valence-corrected chi connectivity index (χ4v) is 2.06. The Morgan fingerprint density at radius 1 is 1.35 bits per heavy atom. The molecule has 0 radical (unpaired) electrons. The van der Waals surface area contributed by atoms with Crippen LogP contribution in [-0.2, 0) is 15.8 Å². The molecule has 1 aromatic carbocycles. The molecule has 1 aliphatic carbocycles. The molecule has 2 N–H and O–H groups in total. The fourth-order valence-electron chi connectivity index (χ4n) is 2.06. The van der Waals surface area contributed by atoms with E-state index in [0.717, 1.165) is 25.0 Å². The molecule has 8 heteroatoms. The predicted octanol–water partition coefficient (Wildman–Crippen LogP) is 2.45. The highest BCUT2D eigenvalue weighted by Crippen LogP contribution is 2.33. The molecule has 0 saturated heterocycles. The first-order valence-electron chi connectivity index (χ1n) is 7.08. The van der Waals surface area contributed by atoms with Gasteiger partial charge in [-0.25, -0.2) is 4.79 Å². The van der Waals surface area contributed by atoms with Crippen LogP contribution in [0.15, 0.2) is 24.3 Å². The topological polar surface area (TPSA) is 75.6 Å². The Balaban J connectivity index is 1.87. The highest BCUT2D eigenvalue weighted by Gasteiger charge is 2.31. The summed E-state index contributed by atoms with van der Waals surface area (Å²) in [5.41, 5.74) is -0.882. The lowest BCUT2D eigenvalue weighted by Crippen LogP contribution is -2.43. The smallest absolute Gasteiger partial charge is 0.416 e. The molecule has 0 aromatic heterocycles. The Kier molecular flexibility index (Phi) is 5.12. The number of alkyl halides is 3. The van der Waals surface area contributed by atoms with E-state index in [-0.39, 0.29) is 5.75 Å². The van der Waals surface area contributed by atoms with E-state index in [1.54, 1.807) is 0 Å². The van der Waals surface area contributed by atoms with Gasteiger partial charge in [0.2, 0.25) is 0 Å². The van der Waals surface area contributed by atoms with Gasteiger partial charge in [-0.05, 0) is 30.5 Å². The summed E-state index contributed by atoms with van der Waals surface area (Å²) >= 11 is 0. The molecule has 1 fully saturated rings. The van der Waals surface area contributed by atoms with Crippen molar-refractivity contribution in [1.29, 1.82) is 0 Å². The van der Waals surface area contributed by atoms with Crippen LogP contribution >= 0.6 is 0 Å². The van der Waals surface area contributed by atoms with Crippen LogP contribution in [0.5, 0.6) is 5.75 Å².